The summed E-state index contributed by atoms with van der Waals surface area (Å²) in [6.07, 6.45) is 4.96. The fourth-order valence-electron chi connectivity index (χ4n) is 3.21. The molecule has 156 valence electrons. The molecule has 3 aromatic rings. The van der Waals surface area contributed by atoms with Crippen molar-refractivity contribution in [1.29, 1.82) is 5.26 Å². The molecule has 3 heterocycles. The number of rotatable bonds is 6. The van der Waals surface area contributed by atoms with Crippen LogP contribution in [0.15, 0.2) is 58.8 Å². The summed E-state index contributed by atoms with van der Waals surface area (Å²) in [4.78, 5) is 15.2. The van der Waals surface area contributed by atoms with E-state index in [1.54, 1.807) is 30.9 Å². The van der Waals surface area contributed by atoms with E-state index in [0.717, 1.165) is 24.6 Å². The zero-order chi connectivity index (χ0) is 21.6. The van der Waals surface area contributed by atoms with Gasteiger partial charge in [0.05, 0.1) is 6.54 Å². The van der Waals surface area contributed by atoms with Gasteiger partial charge in [-0.3, -0.25) is 9.98 Å². The van der Waals surface area contributed by atoms with Crippen molar-refractivity contribution >= 4 is 29.5 Å². The summed E-state index contributed by atoms with van der Waals surface area (Å²) in [7, 11) is 0. The zero-order valence-electron chi connectivity index (χ0n) is 17.4. The van der Waals surface area contributed by atoms with Crippen LogP contribution < -0.4 is 10.1 Å². The zero-order valence-corrected chi connectivity index (χ0v) is 17.4. The Bertz CT molecular complexity index is 1140. The third-order valence-corrected chi connectivity index (χ3v) is 4.79. The maximum absolute atomic E-state index is 9.78. The molecule has 2 aromatic heterocycles. The number of hydrogen-bond acceptors (Lipinski definition) is 8. The number of aliphatic imine (C=N–C) groups is 2. The van der Waals surface area contributed by atoms with Gasteiger partial charge in [0.25, 0.3) is 0 Å². The SMILES string of the molecule is CCN(CC)C1=Nc2c(C#N)c(Nc3ccc(Oc4ccncc4)cc3)nn2C=NC1. The molecule has 4 rings (SSSR count). The van der Waals surface area contributed by atoms with E-state index in [-0.39, 0.29) is 0 Å². The Morgan fingerprint density at radius 3 is 2.48 bits per heavy atom. The van der Waals surface area contributed by atoms with E-state index in [1.807, 2.05) is 24.3 Å². The summed E-state index contributed by atoms with van der Waals surface area (Å²) in [6, 6.07) is 13.2. The van der Waals surface area contributed by atoms with Gasteiger partial charge in [0, 0.05) is 31.2 Å². The molecular formula is C22H22N8O. The van der Waals surface area contributed by atoms with Crippen LogP contribution in [0.5, 0.6) is 11.5 Å². The molecule has 0 bridgehead atoms. The highest BCUT2D eigenvalue weighted by atomic mass is 16.5. The maximum atomic E-state index is 9.78. The second-order valence-electron chi connectivity index (χ2n) is 6.69. The molecule has 31 heavy (non-hydrogen) atoms. The molecule has 0 aliphatic carbocycles. The topological polar surface area (TPSA) is 104 Å². The van der Waals surface area contributed by atoms with Crippen molar-refractivity contribution in [2.24, 2.45) is 9.98 Å². The van der Waals surface area contributed by atoms with Crippen LogP contribution >= 0.6 is 0 Å². The first kappa shape index (κ1) is 20.1. The Labute approximate surface area is 180 Å². The van der Waals surface area contributed by atoms with Gasteiger partial charge in [-0.25, -0.2) is 9.67 Å². The van der Waals surface area contributed by atoms with Crippen LogP contribution in [0.1, 0.15) is 19.4 Å². The molecular weight excluding hydrogens is 392 g/mol. The largest absolute Gasteiger partial charge is 0.457 e. The third-order valence-electron chi connectivity index (χ3n) is 4.79. The van der Waals surface area contributed by atoms with E-state index in [2.05, 4.69) is 45.2 Å². The fraction of sp³-hybridized carbons (Fsp3) is 0.227. The number of benzene rings is 1. The number of aromatic nitrogens is 3. The Morgan fingerprint density at radius 2 is 1.81 bits per heavy atom. The van der Waals surface area contributed by atoms with Crippen LogP contribution in [0, 0.1) is 11.3 Å². The van der Waals surface area contributed by atoms with Crippen molar-refractivity contribution in [3.05, 3.63) is 54.4 Å². The van der Waals surface area contributed by atoms with Gasteiger partial charge in [-0.15, -0.1) is 5.10 Å². The predicted molar refractivity (Wildman–Crippen MR) is 120 cm³/mol. The van der Waals surface area contributed by atoms with Gasteiger partial charge in [-0.1, -0.05) is 0 Å². The first-order chi connectivity index (χ1) is 15.2. The molecule has 0 unspecified atom stereocenters. The molecule has 1 aliphatic rings. The van der Waals surface area contributed by atoms with Crippen LogP contribution in [-0.4, -0.2) is 51.5 Å². The Kier molecular flexibility index (Phi) is 5.89. The molecule has 0 saturated carbocycles. The second kappa shape index (κ2) is 9.09. The average molecular weight is 414 g/mol. The summed E-state index contributed by atoms with van der Waals surface area (Å²) in [5.74, 6) is 3.13. The molecule has 0 fully saturated rings. The van der Waals surface area contributed by atoms with E-state index >= 15 is 0 Å². The van der Waals surface area contributed by atoms with Gasteiger partial charge in [0.15, 0.2) is 11.6 Å². The lowest BCUT2D eigenvalue weighted by molar-refractivity contribution is 0.460. The van der Waals surface area contributed by atoms with Crippen molar-refractivity contribution in [2.45, 2.75) is 13.8 Å². The van der Waals surface area contributed by atoms with Gasteiger partial charge < -0.3 is 15.0 Å². The molecule has 0 atom stereocenters. The average Bonchev–Trinajstić information content (AvgIpc) is 2.98. The summed E-state index contributed by atoms with van der Waals surface area (Å²) in [5.41, 5.74) is 1.15. The lowest BCUT2D eigenvalue weighted by Gasteiger charge is -2.21. The predicted octanol–water partition coefficient (Wildman–Crippen LogP) is 3.95. The summed E-state index contributed by atoms with van der Waals surface area (Å²) < 4.78 is 7.32. The highest BCUT2D eigenvalue weighted by Gasteiger charge is 2.21. The molecule has 0 spiro atoms. The number of likely N-dealkylation sites (N-methyl/N-ethyl adjacent to an activating group) is 1. The third kappa shape index (κ3) is 4.38. The lowest BCUT2D eigenvalue weighted by Crippen LogP contribution is -2.32. The first-order valence-electron chi connectivity index (χ1n) is 10.0. The maximum Gasteiger partial charge on any atom is 0.178 e. The number of amidine groups is 1. The van der Waals surface area contributed by atoms with Crippen molar-refractivity contribution in [2.75, 3.05) is 25.0 Å². The Hall–Kier alpha value is -4.19. The number of fused-ring (bicyclic) bond motifs is 1. The smallest absolute Gasteiger partial charge is 0.178 e. The van der Waals surface area contributed by atoms with E-state index in [4.69, 9.17) is 9.73 Å². The van der Waals surface area contributed by atoms with Crippen LogP contribution in [0.2, 0.25) is 0 Å². The second-order valence-corrected chi connectivity index (χ2v) is 6.69. The highest BCUT2D eigenvalue weighted by molar-refractivity contribution is 5.91. The number of anilines is 2. The number of nitrogens with zero attached hydrogens (tertiary/aromatic N) is 7. The standard InChI is InChI=1S/C22H22N8O/c1-3-29(4-2)20-14-25-15-30-22(27-20)19(13-23)21(28-30)26-16-5-7-17(8-6-16)31-18-9-11-24-12-10-18/h5-12,15H,3-4,14H2,1-2H3,(H,26,28). The number of ether oxygens (including phenoxy) is 1. The van der Waals surface area contributed by atoms with Gasteiger partial charge in [-0.05, 0) is 50.2 Å². The van der Waals surface area contributed by atoms with Crippen LogP contribution in [0.4, 0.5) is 17.3 Å². The Morgan fingerprint density at radius 1 is 1.10 bits per heavy atom. The molecule has 0 saturated heterocycles. The molecule has 9 heteroatoms. The molecule has 1 aromatic carbocycles. The minimum atomic E-state index is 0.370. The van der Waals surface area contributed by atoms with Crippen LogP contribution in [0.3, 0.4) is 0 Å². The Balaban J connectivity index is 1.58. The van der Waals surface area contributed by atoms with Crippen molar-refractivity contribution < 1.29 is 4.74 Å². The van der Waals surface area contributed by atoms with Crippen LogP contribution in [-0.2, 0) is 0 Å². The molecule has 1 N–H and O–H groups in total. The molecule has 1 aliphatic heterocycles. The monoisotopic (exact) mass is 414 g/mol. The first-order valence-corrected chi connectivity index (χ1v) is 10.0. The summed E-state index contributed by atoms with van der Waals surface area (Å²) in [6.45, 7) is 6.23. The lowest BCUT2D eigenvalue weighted by atomic mass is 10.2. The van der Waals surface area contributed by atoms with Gasteiger partial charge in [-0.2, -0.15) is 5.26 Å². The summed E-state index contributed by atoms with van der Waals surface area (Å²) >= 11 is 0. The normalized spacial score (nSPS) is 12.4. The number of hydrogen-bond donors (Lipinski definition) is 1. The van der Waals surface area contributed by atoms with Crippen LogP contribution in [0.25, 0.3) is 0 Å². The minimum absolute atomic E-state index is 0.370. The quantitative estimate of drug-likeness (QED) is 0.655. The van der Waals surface area contributed by atoms with E-state index in [9.17, 15) is 5.26 Å². The van der Waals surface area contributed by atoms with Gasteiger partial charge in [0.1, 0.15) is 35.3 Å². The van der Waals surface area contributed by atoms with Crippen molar-refractivity contribution in [3.63, 3.8) is 0 Å². The molecule has 0 amide bonds. The van der Waals surface area contributed by atoms with Gasteiger partial charge >= 0.3 is 0 Å². The number of nitrogens with one attached hydrogen (secondary N) is 1. The highest BCUT2D eigenvalue weighted by Crippen LogP contribution is 2.30. The number of pyridine rings is 1. The molecule has 9 nitrogen and oxygen atoms in total. The van der Waals surface area contributed by atoms with Gasteiger partial charge in [0.2, 0.25) is 0 Å². The van der Waals surface area contributed by atoms with E-state index < -0.39 is 0 Å². The fourth-order valence-corrected chi connectivity index (χ4v) is 3.21. The van der Waals surface area contributed by atoms with E-state index in [1.165, 1.54) is 4.68 Å². The minimum Gasteiger partial charge on any atom is -0.457 e. The van der Waals surface area contributed by atoms with Crippen molar-refractivity contribution in [3.8, 4) is 17.6 Å². The molecule has 0 radical (unpaired) electrons. The van der Waals surface area contributed by atoms with E-state index in [0.29, 0.717) is 35.2 Å². The number of nitriles is 1. The summed E-state index contributed by atoms with van der Waals surface area (Å²) in [5, 5.41) is 17.5. The van der Waals surface area contributed by atoms with Crippen molar-refractivity contribution in [1.82, 2.24) is 19.7 Å².